The van der Waals surface area contributed by atoms with Crippen molar-refractivity contribution in [1.29, 1.82) is 0 Å². The summed E-state index contributed by atoms with van der Waals surface area (Å²) >= 11 is 0. The van der Waals surface area contributed by atoms with Gasteiger partial charge in [0.2, 0.25) is 0 Å². The predicted octanol–water partition coefficient (Wildman–Crippen LogP) is 2.18. The van der Waals surface area contributed by atoms with E-state index in [1.807, 2.05) is 12.4 Å². The summed E-state index contributed by atoms with van der Waals surface area (Å²) in [6.07, 6.45) is 8.45. The van der Waals surface area contributed by atoms with E-state index in [1.54, 1.807) is 0 Å². The van der Waals surface area contributed by atoms with Gasteiger partial charge in [0.15, 0.2) is 0 Å². The molecule has 2 rings (SSSR count). The maximum absolute atomic E-state index is 6.24. The average Bonchev–Trinajstić information content (AvgIpc) is 2.33. The quantitative estimate of drug-likeness (QED) is 0.847. The van der Waals surface area contributed by atoms with Crippen molar-refractivity contribution in [3.8, 4) is 0 Å². The summed E-state index contributed by atoms with van der Waals surface area (Å²) in [7, 11) is 0. The smallest absolute Gasteiger partial charge is 0.0440 e. The van der Waals surface area contributed by atoms with Crippen LogP contribution in [0.1, 0.15) is 32.6 Å². The van der Waals surface area contributed by atoms with E-state index < -0.39 is 0 Å². The standard InChI is InChI=1S/C13H21N3/c1-2-4-13-12(14)5-3-10-16(13)11-6-8-15-9-7-11/h6-9,12-13H,2-5,10,14H2,1H3. The van der Waals surface area contributed by atoms with Gasteiger partial charge in [-0.05, 0) is 31.4 Å². The van der Waals surface area contributed by atoms with E-state index in [1.165, 1.54) is 24.9 Å². The fourth-order valence-electron chi connectivity index (χ4n) is 2.61. The molecule has 1 aromatic rings. The van der Waals surface area contributed by atoms with Crippen LogP contribution in [0.2, 0.25) is 0 Å². The van der Waals surface area contributed by atoms with Crippen molar-refractivity contribution in [3.63, 3.8) is 0 Å². The molecule has 3 heteroatoms. The Bertz CT molecular complexity index is 312. The summed E-state index contributed by atoms with van der Waals surface area (Å²) in [4.78, 5) is 6.53. The highest BCUT2D eigenvalue weighted by molar-refractivity contribution is 5.46. The lowest BCUT2D eigenvalue weighted by Gasteiger charge is -2.41. The number of hydrogen-bond acceptors (Lipinski definition) is 3. The Morgan fingerprint density at radius 1 is 1.44 bits per heavy atom. The minimum absolute atomic E-state index is 0.321. The average molecular weight is 219 g/mol. The molecular weight excluding hydrogens is 198 g/mol. The van der Waals surface area contributed by atoms with Gasteiger partial charge in [-0.25, -0.2) is 0 Å². The lowest BCUT2D eigenvalue weighted by atomic mass is 9.93. The summed E-state index contributed by atoms with van der Waals surface area (Å²) in [6, 6.07) is 4.99. The van der Waals surface area contributed by atoms with Crippen LogP contribution in [-0.2, 0) is 0 Å². The van der Waals surface area contributed by atoms with Crippen LogP contribution in [0.5, 0.6) is 0 Å². The fraction of sp³-hybridized carbons (Fsp3) is 0.615. The Kier molecular flexibility index (Phi) is 3.78. The molecule has 2 heterocycles. The molecule has 1 fully saturated rings. The van der Waals surface area contributed by atoms with Gasteiger partial charge < -0.3 is 10.6 Å². The van der Waals surface area contributed by atoms with Crippen molar-refractivity contribution in [3.05, 3.63) is 24.5 Å². The first-order valence-corrected chi connectivity index (χ1v) is 6.25. The molecule has 1 aromatic heterocycles. The second-order valence-corrected chi connectivity index (χ2v) is 4.56. The van der Waals surface area contributed by atoms with E-state index in [0.717, 1.165) is 13.0 Å². The van der Waals surface area contributed by atoms with Crippen molar-refractivity contribution < 1.29 is 0 Å². The molecule has 1 aliphatic rings. The Morgan fingerprint density at radius 2 is 2.19 bits per heavy atom. The van der Waals surface area contributed by atoms with Crippen molar-refractivity contribution in [2.24, 2.45) is 5.73 Å². The van der Waals surface area contributed by atoms with E-state index in [0.29, 0.717) is 12.1 Å². The summed E-state index contributed by atoms with van der Waals surface area (Å²) in [5.41, 5.74) is 7.50. The van der Waals surface area contributed by atoms with Gasteiger partial charge in [-0.3, -0.25) is 4.98 Å². The first-order valence-electron chi connectivity index (χ1n) is 6.25. The molecule has 0 bridgehead atoms. The molecule has 1 aliphatic heterocycles. The third-order valence-corrected chi connectivity index (χ3v) is 3.41. The summed E-state index contributed by atoms with van der Waals surface area (Å²) in [6.45, 7) is 3.36. The molecule has 2 unspecified atom stereocenters. The minimum atomic E-state index is 0.321. The lowest BCUT2D eigenvalue weighted by Crippen LogP contribution is -2.52. The zero-order valence-corrected chi connectivity index (χ0v) is 9.97. The Morgan fingerprint density at radius 3 is 2.88 bits per heavy atom. The van der Waals surface area contributed by atoms with E-state index in [9.17, 15) is 0 Å². The SMILES string of the molecule is CCCC1C(N)CCCN1c1ccncc1. The zero-order chi connectivity index (χ0) is 11.4. The summed E-state index contributed by atoms with van der Waals surface area (Å²) < 4.78 is 0. The van der Waals surface area contributed by atoms with E-state index in [-0.39, 0.29) is 0 Å². The van der Waals surface area contributed by atoms with Gasteiger partial charge in [-0.1, -0.05) is 13.3 Å². The summed E-state index contributed by atoms with van der Waals surface area (Å²) in [5, 5.41) is 0. The first-order chi connectivity index (χ1) is 7.83. The molecule has 88 valence electrons. The van der Waals surface area contributed by atoms with Gasteiger partial charge in [0.05, 0.1) is 0 Å². The maximum atomic E-state index is 6.24. The normalized spacial score (nSPS) is 25.8. The number of hydrogen-bond donors (Lipinski definition) is 1. The van der Waals surface area contributed by atoms with Crippen molar-refractivity contribution in [2.75, 3.05) is 11.4 Å². The number of nitrogens with zero attached hydrogens (tertiary/aromatic N) is 2. The Hall–Kier alpha value is -1.09. The largest absolute Gasteiger partial charge is 0.367 e. The van der Waals surface area contributed by atoms with E-state index in [4.69, 9.17) is 5.73 Å². The Balaban J connectivity index is 2.17. The molecule has 3 nitrogen and oxygen atoms in total. The molecule has 0 saturated carbocycles. The maximum Gasteiger partial charge on any atom is 0.0440 e. The van der Waals surface area contributed by atoms with Crippen LogP contribution in [0, 0.1) is 0 Å². The predicted molar refractivity (Wildman–Crippen MR) is 67.5 cm³/mol. The van der Waals surface area contributed by atoms with E-state index in [2.05, 4.69) is 28.9 Å². The van der Waals surface area contributed by atoms with Gasteiger partial charge in [0.1, 0.15) is 0 Å². The van der Waals surface area contributed by atoms with Crippen LogP contribution >= 0.6 is 0 Å². The molecule has 1 saturated heterocycles. The number of nitrogens with two attached hydrogens (primary N) is 1. The van der Waals surface area contributed by atoms with Crippen LogP contribution in [0.25, 0.3) is 0 Å². The van der Waals surface area contributed by atoms with Gasteiger partial charge in [0, 0.05) is 36.7 Å². The van der Waals surface area contributed by atoms with Crippen molar-refractivity contribution in [2.45, 2.75) is 44.7 Å². The van der Waals surface area contributed by atoms with Crippen LogP contribution in [-0.4, -0.2) is 23.6 Å². The van der Waals surface area contributed by atoms with Gasteiger partial charge >= 0.3 is 0 Å². The molecule has 2 N–H and O–H groups in total. The van der Waals surface area contributed by atoms with Gasteiger partial charge in [-0.2, -0.15) is 0 Å². The molecular formula is C13H21N3. The monoisotopic (exact) mass is 219 g/mol. The topological polar surface area (TPSA) is 42.1 Å². The second-order valence-electron chi connectivity index (χ2n) is 4.56. The number of pyridine rings is 1. The van der Waals surface area contributed by atoms with Gasteiger partial charge in [-0.15, -0.1) is 0 Å². The van der Waals surface area contributed by atoms with Crippen molar-refractivity contribution >= 4 is 5.69 Å². The van der Waals surface area contributed by atoms with Gasteiger partial charge in [0.25, 0.3) is 0 Å². The molecule has 0 aromatic carbocycles. The molecule has 0 spiro atoms. The molecule has 2 atom stereocenters. The lowest BCUT2D eigenvalue weighted by molar-refractivity contribution is 0.380. The third-order valence-electron chi connectivity index (χ3n) is 3.41. The number of aromatic nitrogens is 1. The highest BCUT2D eigenvalue weighted by Crippen LogP contribution is 2.26. The Labute approximate surface area is 97.7 Å². The van der Waals surface area contributed by atoms with Crippen molar-refractivity contribution in [1.82, 2.24) is 4.98 Å². The number of rotatable bonds is 3. The van der Waals surface area contributed by atoms with Crippen LogP contribution < -0.4 is 10.6 Å². The number of anilines is 1. The first kappa shape index (κ1) is 11.4. The number of piperidine rings is 1. The van der Waals surface area contributed by atoms with Crippen LogP contribution in [0.4, 0.5) is 5.69 Å². The van der Waals surface area contributed by atoms with Crippen LogP contribution in [0.15, 0.2) is 24.5 Å². The highest BCUT2D eigenvalue weighted by atomic mass is 15.2. The molecule has 16 heavy (non-hydrogen) atoms. The third kappa shape index (κ3) is 2.35. The second kappa shape index (κ2) is 5.30. The minimum Gasteiger partial charge on any atom is -0.367 e. The molecule has 0 amide bonds. The van der Waals surface area contributed by atoms with Crippen LogP contribution in [0.3, 0.4) is 0 Å². The summed E-state index contributed by atoms with van der Waals surface area (Å²) in [5.74, 6) is 0. The molecule has 0 radical (unpaired) electrons. The molecule has 0 aliphatic carbocycles. The van der Waals surface area contributed by atoms with E-state index >= 15 is 0 Å². The zero-order valence-electron chi connectivity index (χ0n) is 9.97. The fourth-order valence-corrected chi connectivity index (χ4v) is 2.61. The highest BCUT2D eigenvalue weighted by Gasteiger charge is 2.28.